The Morgan fingerprint density at radius 1 is 1.03 bits per heavy atom. The molecule has 1 N–H and O–H groups in total. The molecule has 170 valence electrons. The normalized spacial score (nSPS) is 18.9. The lowest BCUT2D eigenvalue weighted by Crippen LogP contribution is -2.47. The number of nitrogens with one attached hydrogen (secondary N) is 1. The van der Waals surface area contributed by atoms with Crippen LogP contribution in [0.15, 0.2) is 30.5 Å². The molecular formula is C23H27FN4O4. The molecule has 1 aromatic heterocycles. The largest absolute Gasteiger partial charge is 0.486 e. The van der Waals surface area contributed by atoms with Crippen molar-refractivity contribution in [2.24, 2.45) is 0 Å². The maximum Gasteiger partial charge on any atom is 0.265 e. The average Bonchev–Trinajstić information content (AvgIpc) is 2.82. The molecule has 9 heteroatoms. The van der Waals surface area contributed by atoms with Crippen LogP contribution in [0.3, 0.4) is 0 Å². The Labute approximate surface area is 186 Å². The third-order valence-electron chi connectivity index (χ3n) is 6.15. The van der Waals surface area contributed by atoms with Gasteiger partial charge in [-0.3, -0.25) is 9.78 Å². The molecule has 32 heavy (non-hydrogen) atoms. The molecule has 0 atom stereocenters. The van der Waals surface area contributed by atoms with Crippen LogP contribution in [0.1, 0.15) is 18.5 Å². The lowest BCUT2D eigenvalue weighted by atomic mass is 10.0. The fraction of sp³-hybridized carbons (Fsp3) is 0.478. The molecule has 0 bridgehead atoms. The van der Waals surface area contributed by atoms with Gasteiger partial charge in [0, 0.05) is 37.8 Å². The molecule has 5 rings (SSSR count). The van der Waals surface area contributed by atoms with Crippen LogP contribution >= 0.6 is 0 Å². The van der Waals surface area contributed by atoms with Gasteiger partial charge in [-0.1, -0.05) is 0 Å². The number of aromatic nitrogens is 1. The number of amides is 1. The number of rotatable bonds is 6. The zero-order valence-electron chi connectivity index (χ0n) is 17.9. The minimum absolute atomic E-state index is 0.00147. The van der Waals surface area contributed by atoms with E-state index >= 15 is 0 Å². The van der Waals surface area contributed by atoms with Gasteiger partial charge in [0.15, 0.2) is 18.1 Å². The van der Waals surface area contributed by atoms with E-state index in [9.17, 15) is 9.18 Å². The smallest absolute Gasteiger partial charge is 0.265 e. The zero-order chi connectivity index (χ0) is 21.9. The van der Waals surface area contributed by atoms with E-state index in [1.54, 1.807) is 17.2 Å². The van der Waals surface area contributed by atoms with Crippen LogP contribution in [0, 0.1) is 5.82 Å². The first-order valence-electron chi connectivity index (χ1n) is 11.1. The summed E-state index contributed by atoms with van der Waals surface area (Å²) in [7, 11) is 0. The monoisotopic (exact) mass is 442 g/mol. The van der Waals surface area contributed by atoms with Crippen molar-refractivity contribution >= 4 is 11.6 Å². The second-order valence-electron chi connectivity index (χ2n) is 8.26. The average molecular weight is 442 g/mol. The highest BCUT2D eigenvalue weighted by molar-refractivity contribution is 5.97. The summed E-state index contributed by atoms with van der Waals surface area (Å²) in [5.74, 6) is 1.52. The lowest BCUT2D eigenvalue weighted by Gasteiger charge is -2.35. The molecule has 0 saturated carbocycles. The number of halogens is 1. The molecule has 3 aliphatic rings. The molecule has 8 nitrogen and oxygen atoms in total. The number of pyridine rings is 1. The van der Waals surface area contributed by atoms with Crippen LogP contribution in [0.25, 0.3) is 0 Å². The Balaban J connectivity index is 1.09. The summed E-state index contributed by atoms with van der Waals surface area (Å²) >= 11 is 0. The van der Waals surface area contributed by atoms with Crippen molar-refractivity contribution in [3.05, 3.63) is 42.0 Å². The molecule has 0 aliphatic carbocycles. The standard InChI is InChI=1S/C23H27FN4O4/c24-16-1-2-20-19(11-16)28(23(29)15-32-20)8-7-27-5-3-17(4-6-27)25-13-18-12-21-22(14-26-18)31-10-9-30-21/h1-2,11-12,14,17,25H,3-10,13,15H2. The summed E-state index contributed by atoms with van der Waals surface area (Å²) < 4.78 is 30.3. The zero-order valence-corrected chi connectivity index (χ0v) is 17.9. The number of ether oxygens (including phenoxy) is 3. The fourth-order valence-electron chi connectivity index (χ4n) is 4.36. The van der Waals surface area contributed by atoms with Gasteiger partial charge in [-0.15, -0.1) is 0 Å². The Morgan fingerprint density at radius 2 is 1.84 bits per heavy atom. The van der Waals surface area contributed by atoms with E-state index in [1.165, 1.54) is 12.1 Å². The Morgan fingerprint density at radius 3 is 2.69 bits per heavy atom. The Bertz CT molecular complexity index is 980. The third-order valence-corrected chi connectivity index (χ3v) is 6.15. The number of anilines is 1. The van der Waals surface area contributed by atoms with Crippen LogP contribution in [0.4, 0.5) is 10.1 Å². The van der Waals surface area contributed by atoms with Gasteiger partial charge in [0.2, 0.25) is 0 Å². The van der Waals surface area contributed by atoms with E-state index in [0.29, 0.717) is 49.5 Å². The van der Waals surface area contributed by atoms with E-state index in [0.717, 1.165) is 43.9 Å². The molecule has 2 aromatic rings. The van der Waals surface area contributed by atoms with Gasteiger partial charge < -0.3 is 29.3 Å². The highest BCUT2D eigenvalue weighted by Gasteiger charge is 2.27. The van der Waals surface area contributed by atoms with Gasteiger partial charge in [-0.25, -0.2) is 4.39 Å². The number of fused-ring (bicyclic) bond motifs is 2. The first-order valence-corrected chi connectivity index (χ1v) is 11.1. The number of likely N-dealkylation sites (tertiary alicyclic amines) is 1. The van der Waals surface area contributed by atoms with Crippen molar-refractivity contribution < 1.29 is 23.4 Å². The van der Waals surface area contributed by atoms with Crippen molar-refractivity contribution in [1.29, 1.82) is 0 Å². The van der Waals surface area contributed by atoms with Crippen molar-refractivity contribution in [2.45, 2.75) is 25.4 Å². The molecule has 0 radical (unpaired) electrons. The van der Waals surface area contributed by atoms with Crippen molar-refractivity contribution in [2.75, 3.05) is 50.9 Å². The minimum Gasteiger partial charge on any atom is -0.486 e. The van der Waals surface area contributed by atoms with E-state index in [-0.39, 0.29) is 18.3 Å². The summed E-state index contributed by atoms with van der Waals surface area (Å²) in [5.41, 5.74) is 1.46. The van der Waals surface area contributed by atoms with Crippen molar-refractivity contribution in [1.82, 2.24) is 15.2 Å². The first-order chi connectivity index (χ1) is 15.7. The van der Waals surface area contributed by atoms with Crippen LogP contribution in [0.2, 0.25) is 0 Å². The molecule has 3 aliphatic heterocycles. The molecule has 1 aromatic carbocycles. The number of benzene rings is 1. The maximum absolute atomic E-state index is 13.7. The molecule has 1 saturated heterocycles. The maximum atomic E-state index is 13.7. The second kappa shape index (κ2) is 9.30. The van der Waals surface area contributed by atoms with Gasteiger partial charge in [0.1, 0.15) is 24.8 Å². The highest BCUT2D eigenvalue weighted by atomic mass is 19.1. The quantitative estimate of drug-likeness (QED) is 0.733. The summed E-state index contributed by atoms with van der Waals surface area (Å²) in [6.45, 7) is 4.98. The van der Waals surface area contributed by atoms with Gasteiger partial charge in [0.25, 0.3) is 5.91 Å². The molecule has 1 amide bonds. The van der Waals surface area contributed by atoms with Crippen LogP contribution in [-0.4, -0.2) is 67.8 Å². The van der Waals surface area contributed by atoms with E-state index < -0.39 is 0 Å². The van der Waals surface area contributed by atoms with E-state index in [4.69, 9.17) is 14.2 Å². The molecule has 4 heterocycles. The second-order valence-corrected chi connectivity index (χ2v) is 8.26. The minimum atomic E-state index is -0.369. The fourth-order valence-corrected chi connectivity index (χ4v) is 4.36. The molecule has 1 fully saturated rings. The first kappa shape index (κ1) is 21.0. The van der Waals surface area contributed by atoms with Gasteiger partial charge in [-0.2, -0.15) is 0 Å². The number of carbonyl (C=O) groups is 1. The van der Waals surface area contributed by atoms with Crippen LogP contribution < -0.4 is 24.4 Å². The summed E-state index contributed by atoms with van der Waals surface area (Å²) in [4.78, 5) is 20.8. The predicted molar refractivity (Wildman–Crippen MR) is 116 cm³/mol. The van der Waals surface area contributed by atoms with Gasteiger partial charge in [0.05, 0.1) is 17.6 Å². The van der Waals surface area contributed by atoms with E-state index in [2.05, 4.69) is 15.2 Å². The highest BCUT2D eigenvalue weighted by Crippen LogP contribution is 2.32. The Kier molecular flexibility index (Phi) is 6.09. The molecule has 0 spiro atoms. The predicted octanol–water partition coefficient (Wildman–Crippen LogP) is 1.97. The number of piperidine rings is 1. The number of hydrogen-bond donors (Lipinski definition) is 1. The van der Waals surface area contributed by atoms with Crippen molar-refractivity contribution in [3.8, 4) is 17.2 Å². The van der Waals surface area contributed by atoms with Crippen LogP contribution in [0.5, 0.6) is 17.2 Å². The summed E-state index contributed by atoms with van der Waals surface area (Å²) in [5, 5.41) is 3.59. The van der Waals surface area contributed by atoms with Crippen molar-refractivity contribution in [3.63, 3.8) is 0 Å². The Hall–Kier alpha value is -2.91. The SMILES string of the molecule is O=C1COc2ccc(F)cc2N1CCN1CCC(NCc2cc3c(cn2)OCCO3)CC1. The summed E-state index contributed by atoms with van der Waals surface area (Å²) in [6, 6.07) is 6.66. The van der Waals surface area contributed by atoms with Gasteiger partial charge in [-0.05, 0) is 38.1 Å². The molecular weight excluding hydrogens is 415 g/mol. The third kappa shape index (κ3) is 4.63. The van der Waals surface area contributed by atoms with Crippen LogP contribution in [-0.2, 0) is 11.3 Å². The van der Waals surface area contributed by atoms with E-state index in [1.807, 2.05) is 6.07 Å². The summed E-state index contributed by atoms with van der Waals surface area (Å²) in [6.07, 6.45) is 3.77. The van der Waals surface area contributed by atoms with Gasteiger partial charge >= 0.3 is 0 Å². The number of hydrogen-bond acceptors (Lipinski definition) is 7. The molecule has 0 unspecified atom stereocenters. The number of carbonyl (C=O) groups excluding carboxylic acids is 1. The topological polar surface area (TPSA) is 76.2 Å². The number of nitrogens with zero attached hydrogens (tertiary/aromatic N) is 3. The lowest BCUT2D eigenvalue weighted by molar-refractivity contribution is -0.121.